The number of nitrogens with two attached hydrogens (primary N) is 1. The molecule has 2 heterocycles. The number of hydrogen-bond acceptors (Lipinski definition) is 4. The van der Waals surface area contributed by atoms with Crippen LogP contribution in [0.15, 0.2) is 29.4 Å². The van der Waals surface area contributed by atoms with E-state index < -0.39 is 0 Å². The molecule has 6 heteroatoms. The highest BCUT2D eigenvalue weighted by Gasteiger charge is 2.35. The van der Waals surface area contributed by atoms with Crippen molar-refractivity contribution in [3.8, 4) is 0 Å². The van der Waals surface area contributed by atoms with E-state index in [1.54, 1.807) is 0 Å². The van der Waals surface area contributed by atoms with Gasteiger partial charge in [0.05, 0.1) is 17.0 Å². The van der Waals surface area contributed by atoms with Crippen LogP contribution in [0.4, 0.5) is 5.95 Å². The summed E-state index contributed by atoms with van der Waals surface area (Å²) in [4.78, 5) is 19.8. The molecule has 19 heavy (non-hydrogen) atoms. The first kappa shape index (κ1) is 11.9. The molecule has 1 amide bonds. The third-order valence-corrected chi connectivity index (χ3v) is 3.30. The highest BCUT2D eigenvalue weighted by atomic mass is 16.2. The molecular formula is C13H15N5O. The number of nitrogens with one attached hydrogen (secondary N) is 1. The number of fused-ring (bicyclic) bond motifs is 1. The number of H-pyrrole nitrogens is 1. The Kier molecular flexibility index (Phi) is 2.79. The van der Waals surface area contributed by atoms with E-state index in [0.717, 1.165) is 16.7 Å². The zero-order valence-corrected chi connectivity index (χ0v) is 10.6. The van der Waals surface area contributed by atoms with Gasteiger partial charge in [-0.25, -0.2) is 4.98 Å². The molecule has 0 radical (unpaired) electrons. The van der Waals surface area contributed by atoms with Gasteiger partial charge >= 0.3 is 0 Å². The van der Waals surface area contributed by atoms with Crippen molar-refractivity contribution in [3.05, 3.63) is 24.3 Å². The average molecular weight is 257 g/mol. The number of benzene rings is 1. The van der Waals surface area contributed by atoms with Crippen molar-refractivity contribution in [1.82, 2.24) is 9.97 Å². The summed E-state index contributed by atoms with van der Waals surface area (Å²) in [6.07, 6.45) is 0.616. The Bertz CT molecular complexity index is 627. The lowest BCUT2D eigenvalue weighted by Gasteiger charge is -2.10. The maximum atomic E-state index is 12.3. The molecule has 3 rings (SSSR count). The summed E-state index contributed by atoms with van der Waals surface area (Å²) >= 11 is 0. The summed E-state index contributed by atoms with van der Waals surface area (Å²) < 4.78 is 0. The number of hydrazone groups is 1. The zero-order chi connectivity index (χ0) is 13.4. The van der Waals surface area contributed by atoms with Gasteiger partial charge in [0.25, 0.3) is 5.91 Å². The number of rotatable bonds is 3. The maximum Gasteiger partial charge on any atom is 0.258 e. The van der Waals surface area contributed by atoms with E-state index in [4.69, 9.17) is 5.73 Å². The predicted molar refractivity (Wildman–Crippen MR) is 73.9 cm³/mol. The van der Waals surface area contributed by atoms with Gasteiger partial charge in [-0.15, -0.1) is 0 Å². The highest BCUT2D eigenvalue weighted by Crippen LogP contribution is 2.25. The Morgan fingerprint density at radius 3 is 2.95 bits per heavy atom. The van der Waals surface area contributed by atoms with E-state index in [1.807, 2.05) is 31.2 Å². The number of para-hydroxylation sites is 2. The van der Waals surface area contributed by atoms with Crippen LogP contribution in [0.1, 0.15) is 13.3 Å². The minimum Gasteiger partial charge on any atom is -0.330 e. The van der Waals surface area contributed by atoms with Gasteiger partial charge in [-0.1, -0.05) is 12.1 Å². The fourth-order valence-electron chi connectivity index (χ4n) is 2.29. The van der Waals surface area contributed by atoms with Gasteiger partial charge in [-0.05, 0) is 32.0 Å². The van der Waals surface area contributed by atoms with E-state index in [9.17, 15) is 4.79 Å². The first-order valence-corrected chi connectivity index (χ1v) is 6.24. The third-order valence-electron chi connectivity index (χ3n) is 3.30. The molecular weight excluding hydrogens is 242 g/mol. The summed E-state index contributed by atoms with van der Waals surface area (Å²) in [7, 11) is 0. The maximum absolute atomic E-state index is 12.3. The monoisotopic (exact) mass is 257 g/mol. The SMILES string of the molecule is CC1=NN(c2nc3ccccc3[nH]2)C(=O)C1CCN. The Balaban J connectivity index is 1.96. The van der Waals surface area contributed by atoms with E-state index in [2.05, 4.69) is 15.1 Å². The highest BCUT2D eigenvalue weighted by molar-refractivity contribution is 6.14. The van der Waals surface area contributed by atoms with Gasteiger partial charge in [0.2, 0.25) is 5.95 Å². The molecule has 98 valence electrons. The van der Waals surface area contributed by atoms with Crippen LogP contribution < -0.4 is 10.7 Å². The van der Waals surface area contributed by atoms with Crippen LogP contribution in [-0.2, 0) is 4.79 Å². The van der Waals surface area contributed by atoms with Crippen molar-refractivity contribution in [3.63, 3.8) is 0 Å². The van der Waals surface area contributed by atoms with Crippen molar-refractivity contribution in [2.24, 2.45) is 16.8 Å². The molecule has 0 saturated heterocycles. The Morgan fingerprint density at radius 2 is 2.21 bits per heavy atom. The van der Waals surface area contributed by atoms with E-state index in [-0.39, 0.29) is 11.8 Å². The molecule has 0 fully saturated rings. The largest absolute Gasteiger partial charge is 0.330 e. The van der Waals surface area contributed by atoms with Crippen LogP contribution in [0.2, 0.25) is 0 Å². The van der Waals surface area contributed by atoms with E-state index in [0.29, 0.717) is 18.9 Å². The summed E-state index contributed by atoms with van der Waals surface area (Å²) in [6, 6.07) is 7.64. The second-order valence-electron chi connectivity index (χ2n) is 4.60. The minimum absolute atomic E-state index is 0.0676. The Morgan fingerprint density at radius 1 is 1.42 bits per heavy atom. The van der Waals surface area contributed by atoms with Crippen LogP contribution >= 0.6 is 0 Å². The molecule has 1 aromatic heterocycles. The molecule has 0 bridgehead atoms. The second-order valence-corrected chi connectivity index (χ2v) is 4.60. The van der Waals surface area contributed by atoms with Gasteiger partial charge in [0.15, 0.2) is 0 Å². The number of imidazole rings is 1. The predicted octanol–water partition coefficient (Wildman–Crippen LogP) is 1.25. The average Bonchev–Trinajstić information content (AvgIpc) is 2.94. The van der Waals surface area contributed by atoms with Crippen LogP contribution in [0.3, 0.4) is 0 Å². The van der Waals surface area contributed by atoms with Crippen molar-refractivity contribution < 1.29 is 4.79 Å². The molecule has 3 N–H and O–H groups in total. The van der Waals surface area contributed by atoms with Gasteiger partial charge in [0, 0.05) is 5.71 Å². The van der Waals surface area contributed by atoms with Crippen LogP contribution in [0.25, 0.3) is 11.0 Å². The minimum atomic E-state index is -0.224. The molecule has 1 atom stereocenters. The van der Waals surface area contributed by atoms with Crippen molar-refractivity contribution in [1.29, 1.82) is 0 Å². The summed E-state index contributed by atoms with van der Waals surface area (Å²) in [5.41, 5.74) is 8.03. The number of carbonyl (C=O) groups is 1. The number of nitrogens with zero attached hydrogens (tertiary/aromatic N) is 3. The molecule has 1 aliphatic rings. The lowest BCUT2D eigenvalue weighted by atomic mass is 10.0. The van der Waals surface area contributed by atoms with E-state index >= 15 is 0 Å². The lowest BCUT2D eigenvalue weighted by Crippen LogP contribution is -2.29. The number of amides is 1. The third kappa shape index (κ3) is 1.90. The molecule has 1 aliphatic heterocycles. The van der Waals surface area contributed by atoms with Crippen molar-refractivity contribution in [2.75, 3.05) is 11.6 Å². The fraction of sp³-hybridized carbons (Fsp3) is 0.308. The number of hydrogen-bond donors (Lipinski definition) is 2. The molecule has 2 aromatic rings. The van der Waals surface area contributed by atoms with Crippen LogP contribution in [0, 0.1) is 5.92 Å². The van der Waals surface area contributed by atoms with E-state index in [1.165, 1.54) is 5.01 Å². The van der Waals surface area contributed by atoms with Gasteiger partial charge < -0.3 is 10.7 Å². The molecule has 1 aromatic carbocycles. The first-order chi connectivity index (χ1) is 9.20. The molecule has 6 nitrogen and oxygen atoms in total. The molecule has 1 unspecified atom stereocenters. The number of carbonyl (C=O) groups excluding carboxylic acids is 1. The van der Waals surface area contributed by atoms with Crippen LogP contribution in [-0.4, -0.2) is 28.1 Å². The number of anilines is 1. The van der Waals surface area contributed by atoms with Gasteiger partial charge in [0.1, 0.15) is 0 Å². The topological polar surface area (TPSA) is 87.4 Å². The summed E-state index contributed by atoms with van der Waals surface area (Å²) in [5.74, 6) is 0.172. The summed E-state index contributed by atoms with van der Waals surface area (Å²) in [5, 5.41) is 5.63. The van der Waals surface area contributed by atoms with Gasteiger partial charge in [-0.2, -0.15) is 10.1 Å². The quantitative estimate of drug-likeness (QED) is 0.867. The number of aromatic nitrogens is 2. The Hall–Kier alpha value is -2.21. The lowest BCUT2D eigenvalue weighted by molar-refractivity contribution is -0.119. The first-order valence-electron chi connectivity index (χ1n) is 6.24. The smallest absolute Gasteiger partial charge is 0.258 e. The standard InChI is InChI=1S/C13H15N5O/c1-8-9(6-7-14)12(19)18(17-8)13-15-10-4-2-3-5-11(10)16-13/h2-5,9H,6-7,14H2,1H3,(H,15,16). The van der Waals surface area contributed by atoms with Crippen LogP contribution in [0.5, 0.6) is 0 Å². The zero-order valence-electron chi connectivity index (χ0n) is 10.6. The van der Waals surface area contributed by atoms with Gasteiger partial charge in [-0.3, -0.25) is 4.79 Å². The molecule has 0 aliphatic carbocycles. The molecule has 0 spiro atoms. The van der Waals surface area contributed by atoms with Crippen molar-refractivity contribution >= 4 is 28.6 Å². The van der Waals surface area contributed by atoms with Crippen molar-refractivity contribution in [2.45, 2.75) is 13.3 Å². The number of aromatic amines is 1. The second kappa shape index (κ2) is 4.47. The normalized spacial score (nSPS) is 19.3. The molecule has 0 saturated carbocycles. The Labute approximate surface area is 110 Å². The fourth-order valence-corrected chi connectivity index (χ4v) is 2.29. The summed E-state index contributed by atoms with van der Waals surface area (Å²) in [6.45, 7) is 2.32.